The van der Waals surface area contributed by atoms with Gasteiger partial charge in [-0.05, 0) is 19.2 Å². The van der Waals surface area contributed by atoms with Gasteiger partial charge in [-0.25, -0.2) is 4.98 Å². The summed E-state index contributed by atoms with van der Waals surface area (Å²) in [5.41, 5.74) is 0.679. The second-order valence-corrected chi connectivity index (χ2v) is 4.22. The predicted molar refractivity (Wildman–Crippen MR) is 91.2 cm³/mol. The standard InChI is InChI=1S/C14H18N4O2.2ClH/c1-15-10-14(19)17-12-4-2-3-5-13(12)20-9-8-18-7-6-16-11-18;;/h2-7,11,15H,8-10H2,1H3,(H,17,19);2*1H. The zero-order chi connectivity index (χ0) is 14.2. The zero-order valence-electron chi connectivity index (χ0n) is 12.2. The van der Waals surface area contributed by atoms with Crippen molar-refractivity contribution in [3.63, 3.8) is 0 Å². The topological polar surface area (TPSA) is 68.2 Å². The van der Waals surface area contributed by atoms with Crippen LogP contribution < -0.4 is 15.4 Å². The molecule has 0 saturated heterocycles. The Labute approximate surface area is 142 Å². The molecule has 0 aliphatic rings. The number of anilines is 1. The van der Waals surface area contributed by atoms with Gasteiger partial charge in [-0.1, -0.05) is 12.1 Å². The maximum atomic E-state index is 11.6. The molecule has 2 rings (SSSR count). The lowest BCUT2D eigenvalue weighted by atomic mass is 10.3. The van der Waals surface area contributed by atoms with Crippen molar-refractivity contribution in [1.29, 1.82) is 0 Å². The largest absolute Gasteiger partial charge is 0.490 e. The van der Waals surface area contributed by atoms with E-state index in [9.17, 15) is 4.79 Å². The number of aromatic nitrogens is 2. The van der Waals surface area contributed by atoms with Gasteiger partial charge in [0.05, 0.1) is 25.1 Å². The van der Waals surface area contributed by atoms with E-state index < -0.39 is 0 Å². The molecule has 0 unspecified atom stereocenters. The van der Waals surface area contributed by atoms with E-state index in [2.05, 4.69) is 15.6 Å². The maximum absolute atomic E-state index is 11.6. The van der Waals surface area contributed by atoms with Crippen molar-refractivity contribution in [1.82, 2.24) is 14.9 Å². The number of amides is 1. The van der Waals surface area contributed by atoms with E-state index in [0.29, 0.717) is 24.6 Å². The van der Waals surface area contributed by atoms with Gasteiger partial charge >= 0.3 is 0 Å². The molecule has 8 heteroatoms. The van der Waals surface area contributed by atoms with Crippen LogP contribution in [0.25, 0.3) is 0 Å². The minimum Gasteiger partial charge on any atom is -0.490 e. The lowest BCUT2D eigenvalue weighted by molar-refractivity contribution is -0.115. The minimum atomic E-state index is -0.0989. The average molecular weight is 347 g/mol. The summed E-state index contributed by atoms with van der Waals surface area (Å²) in [6, 6.07) is 7.39. The number of nitrogens with zero attached hydrogens (tertiary/aromatic N) is 2. The maximum Gasteiger partial charge on any atom is 0.238 e. The van der Waals surface area contributed by atoms with E-state index in [0.717, 1.165) is 0 Å². The second kappa shape index (κ2) is 10.9. The first-order valence-corrected chi connectivity index (χ1v) is 6.41. The molecule has 122 valence electrons. The van der Waals surface area contributed by atoms with Crippen LogP contribution in [0.1, 0.15) is 0 Å². The highest BCUT2D eigenvalue weighted by molar-refractivity contribution is 5.93. The van der Waals surface area contributed by atoms with Gasteiger partial charge in [-0.2, -0.15) is 0 Å². The van der Waals surface area contributed by atoms with Crippen molar-refractivity contribution < 1.29 is 9.53 Å². The highest BCUT2D eigenvalue weighted by atomic mass is 35.5. The van der Waals surface area contributed by atoms with Crippen LogP contribution in [-0.2, 0) is 11.3 Å². The van der Waals surface area contributed by atoms with E-state index >= 15 is 0 Å². The molecule has 22 heavy (non-hydrogen) atoms. The summed E-state index contributed by atoms with van der Waals surface area (Å²) in [5.74, 6) is 0.565. The van der Waals surface area contributed by atoms with Gasteiger partial charge in [0.15, 0.2) is 0 Å². The zero-order valence-corrected chi connectivity index (χ0v) is 13.8. The fourth-order valence-electron chi connectivity index (χ4n) is 1.73. The van der Waals surface area contributed by atoms with Crippen LogP contribution in [0, 0.1) is 0 Å². The quantitative estimate of drug-likeness (QED) is 0.804. The van der Waals surface area contributed by atoms with Crippen molar-refractivity contribution in [3.05, 3.63) is 43.0 Å². The molecule has 6 nitrogen and oxygen atoms in total. The second-order valence-electron chi connectivity index (χ2n) is 4.22. The van der Waals surface area contributed by atoms with Crippen molar-refractivity contribution in [2.75, 3.05) is 25.5 Å². The van der Waals surface area contributed by atoms with Crippen LogP contribution in [0.2, 0.25) is 0 Å². The first kappa shape index (κ1) is 20.2. The molecular weight excluding hydrogens is 327 g/mol. The molecule has 0 aliphatic carbocycles. The number of carbonyl (C=O) groups is 1. The molecule has 2 N–H and O–H groups in total. The van der Waals surface area contributed by atoms with Crippen LogP contribution in [0.3, 0.4) is 0 Å². The van der Waals surface area contributed by atoms with E-state index in [-0.39, 0.29) is 37.3 Å². The monoisotopic (exact) mass is 346 g/mol. The normalized spacial score (nSPS) is 9.32. The Kier molecular flexibility index (Phi) is 10.0. The summed E-state index contributed by atoms with van der Waals surface area (Å²) in [7, 11) is 1.73. The van der Waals surface area contributed by atoms with Crippen LogP contribution in [0.5, 0.6) is 5.75 Å². The molecular formula is C14H20Cl2N4O2. The lowest BCUT2D eigenvalue weighted by Crippen LogP contribution is -2.25. The summed E-state index contributed by atoms with van der Waals surface area (Å²) in [6.45, 7) is 1.48. The fourth-order valence-corrected chi connectivity index (χ4v) is 1.73. The third-order valence-corrected chi connectivity index (χ3v) is 2.66. The molecule has 0 fully saturated rings. The molecule has 0 radical (unpaired) electrons. The van der Waals surface area contributed by atoms with Crippen LogP contribution in [0.4, 0.5) is 5.69 Å². The third-order valence-electron chi connectivity index (χ3n) is 2.66. The third kappa shape index (κ3) is 6.34. The number of hydrogen-bond donors (Lipinski definition) is 2. The summed E-state index contributed by atoms with van der Waals surface area (Å²) in [4.78, 5) is 15.6. The molecule has 0 saturated carbocycles. The highest BCUT2D eigenvalue weighted by Crippen LogP contribution is 2.23. The molecule has 0 bridgehead atoms. The Morgan fingerprint density at radius 3 is 2.77 bits per heavy atom. The molecule has 1 aromatic heterocycles. The summed E-state index contributed by atoms with van der Waals surface area (Å²) < 4.78 is 7.64. The number of halogens is 2. The molecule has 2 aromatic rings. The molecule has 1 heterocycles. The molecule has 0 aliphatic heterocycles. The predicted octanol–water partition coefficient (Wildman–Crippen LogP) is 1.96. The number of imidazole rings is 1. The average Bonchev–Trinajstić information content (AvgIpc) is 2.94. The number of benzene rings is 1. The molecule has 0 spiro atoms. The number of hydrogen-bond acceptors (Lipinski definition) is 4. The van der Waals surface area contributed by atoms with Gasteiger partial charge in [0.1, 0.15) is 12.4 Å². The Balaban J connectivity index is 0.00000220. The number of ether oxygens (including phenoxy) is 1. The molecule has 1 aromatic carbocycles. The van der Waals surface area contributed by atoms with Crippen LogP contribution in [-0.4, -0.2) is 35.7 Å². The smallest absolute Gasteiger partial charge is 0.238 e. The van der Waals surface area contributed by atoms with Gasteiger partial charge in [0.25, 0.3) is 0 Å². The van der Waals surface area contributed by atoms with E-state index in [1.807, 2.05) is 35.0 Å². The fraction of sp³-hybridized carbons (Fsp3) is 0.286. The highest BCUT2D eigenvalue weighted by Gasteiger charge is 2.06. The van der Waals surface area contributed by atoms with Crippen LogP contribution in [0.15, 0.2) is 43.0 Å². The number of para-hydroxylation sites is 2. The number of nitrogens with one attached hydrogen (secondary N) is 2. The molecule has 1 amide bonds. The van der Waals surface area contributed by atoms with Crippen molar-refractivity contribution in [3.8, 4) is 5.75 Å². The summed E-state index contributed by atoms with van der Waals surface area (Å²) in [6.07, 6.45) is 5.35. The van der Waals surface area contributed by atoms with Gasteiger partial charge in [0.2, 0.25) is 5.91 Å². The van der Waals surface area contributed by atoms with Crippen molar-refractivity contribution in [2.24, 2.45) is 0 Å². The van der Waals surface area contributed by atoms with Gasteiger partial charge in [-0.15, -0.1) is 24.8 Å². The van der Waals surface area contributed by atoms with E-state index in [1.54, 1.807) is 19.6 Å². The Morgan fingerprint density at radius 2 is 2.09 bits per heavy atom. The Bertz CT molecular complexity index is 550. The van der Waals surface area contributed by atoms with Gasteiger partial charge in [0, 0.05) is 12.4 Å². The first-order valence-electron chi connectivity index (χ1n) is 6.41. The van der Waals surface area contributed by atoms with E-state index in [4.69, 9.17) is 4.74 Å². The Hall–Kier alpha value is -1.76. The van der Waals surface area contributed by atoms with E-state index in [1.165, 1.54) is 0 Å². The van der Waals surface area contributed by atoms with Crippen molar-refractivity contribution >= 4 is 36.4 Å². The Morgan fingerprint density at radius 1 is 1.32 bits per heavy atom. The first-order chi connectivity index (χ1) is 9.79. The van der Waals surface area contributed by atoms with Crippen molar-refractivity contribution in [2.45, 2.75) is 6.54 Å². The SMILES string of the molecule is CNCC(=O)Nc1ccccc1OCCn1ccnc1.Cl.Cl. The minimum absolute atomic E-state index is 0. The number of likely N-dealkylation sites (N-methyl/N-ethyl adjacent to an activating group) is 1. The van der Waals surface area contributed by atoms with Crippen LogP contribution >= 0.6 is 24.8 Å². The lowest BCUT2D eigenvalue weighted by Gasteiger charge is -2.12. The number of rotatable bonds is 7. The van der Waals surface area contributed by atoms with Gasteiger partial charge < -0.3 is 19.9 Å². The molecule has 0 atom stereocenters. The summed E-state index contributed by atoms with van der Waals surface area (Å²) >= 11 is 0. The van der Waals surface area contributed by atoms with Gasteiger partial charge in [-0.3, -0.25) is 4.79 Å². The summed E-state index contributed by atoms with van der Waals surface area (Å²) in [5, 5.41) is 5.62. The number of carbonyl (C=O) groups excluding carboxylic acids is 1.